The molecule has 0 saturated carbocycles. The minimum atomic E-state index is 0.332. The van der Waals surface area contributed by atoms with Gasteiger partial charge in [0.2, 0.25) is 0 Å². The van der Waals surface area contributed by atoms with Crippen LogP contribution in [0.4, 0.5) is 5.69 Å². The summed E-state index contributed by atoms with van der Waals surface area (Å²) < 4.78 is 10.8. The Morgan fingerprint density at radius 2 is 1.75 bits per heavy atom. The molecular weight excluding hydrogens is 202 g/mol. The van der Waals surface area contributed by atoms with Crippen molar-refractivity contribution in [3.8, 4) is 0 Å². The van der Waals surface area contributed by atoms with Crippen LogP contribution in [-0.4, -0.2) is 32.4 Å². The molecule has 1 aromatic rings. The van der Waals surface area contributed by atoms with Gasteiger partial charge in [-0.25, -0.2) is 0 Å². The molecule has 1 aromatic carbocycles. The van der Waals surface area contributed by atoms with Crippen LogP contribution < -0.4 is 4.90 Å². The molecule has 2 fully saturated rings. The van der Waals surface area contributed by atoms with Crippen molar-refractivity contribution in [3.05, 3.63) is 29.8 Å². The molecule has 3 rings (SSSR count). The second kappa shape index (κ2) is 4.07. The number of morpholine rings is 1. The standard InChI is InChI=1S/C13H17NO2/c1-10-13(16-10)11-2-4-12(5-3-11)14-6-8-15-9-7-14/h2-5,10,13H,6-9H2,1H3. The molecule has 2 saturated heterocycles. The van der Waals surface area contributed by atoms with E-state index in [2.05, 4.69) is 36.1 Å². The molecule has 0 radical (unpaired) electrons. The Balaban J connectivity index is 1.71. The van der Waals surface area contributed by atoms with Crippen LogP contribution in [0.25, 0.3) is 0 Å². The second-order valence-corrected chi connectivity index (χ2v) is 4.45. The molecule has 0 aromatic heterocycles. The first kappa shape index (κ1) is 10.1. The minimum Gasteiger partial charge on any atom is -0.378 e. The van der Waals surface area contributed by atoms with Gasteiger partial charge in [0.15, 0.2) is 0 Å². The lowest BCUT2D eigenvalue weighted by Crippen LogP contribution is -2.36. The van der Waals surface area contributed by atoms with Gasteiger partial charge in [0, 0.05) is 18.8 Å². The average molecular weight is 219 g/mol. The molecule has 0 N–H and O–H groups in total. The smallest absolute Gasteiger partial charge is 0.109 e. The molecule has 2 unspecified atom stereocenters. The minimum absolute atomic E-state index is 0.332. The van der Waals surface area contributed by atoms with E-state index in [9.17, 15) is 0 Å². The number of ether oxygens (including phenoxy) is 2. The van der Waals surface area contributed by atoms with E-state index in [1.54, 1.807) is 0 Å². The highest BCUT2D eigenvalue weighted by molar-refractivity contribution is 5.48. The van der Waals surface area contributed by atoms with Crippen molar-refractivity contribution in [1.82, 2.24) is 0 Å². The summed E-state index contributed by atoms with van der Waals surface area (Å²) in [5, 5.41) is 0. The molecule has 2 atom stereocenters. The van der Waals surface area contributed by atoms with E-state index < -0.39 is 0 Å². The van der Waals surface area contributed by atoms with Gasteiger partial charge >= 0.3 is 0 Å². The predicted molar refractivity (Wildman–Crippen MR) is 62.8 cm³/mol. The number of rotatable bonds is 2. The van der Waals surface area contributed by atoms with Gasteiger partial charge in [-0.1, -0.05) is 12.1 Å². The van der Waals surface area contributed by atoms with E-state index in [1.165, 1.54) is 11.3 Å². The molecule has 86 valence electrons. The van der Waals surface area contributed by atoms with Gasteiger partial charge in [-0.3, -0.25) is 0 Å². The van der Waals surface area contributed by atoms with E-state index in [0.717, 1.165) is 26.3 Å². The molecule has 0 amide bonds. The molecule has 2 aliphatic rings. The fourth-order valence-electron chi connectivity index (χ4n) is 2.23. The van der Waals surface area contributed by atoms with Crippen LogP contribution in [0, 0.1) is 0 Å². The molecular formula is C13H17NO2. The first-order chi connectivity index (χ1) is 7.84. The third-order valence-electron chi connectivity index (χ3n) is 3.31. The van der Waals surface area contributed by atoms with Gasteiger partial charge in [0.05, 0.1) is 19.3 Å². The molecule has 0 spiro atoms. The predicted octanol–water partition coefficient (Wildman–Crippen LogP) is 1.98. The maximum absolute atomic E-state index is 5.45. The average Bonchev–Trinajstić information content (AvgIpc) is 3.08. The van der Waals surface area contributed by atoms with Crippen molar-refractivity contribution >= 4 is 5.69 Å². The zero-order chi connectivity index (χ0) is 11.0. The number of epoxide rings is 1. The van der Waals surface area contributed by atoms with E-state index in [1.807, 2.05) is 0 Å². The van der Waals surface area contributed by atoms with Gasteiger partial charge < -0.3 is 14.4 Å². The van der Waals surface area contributed by atoms with Crippen LogP contribution in [0.3, 0.4) is 0 Å². The van der Waals surface area contributed by atoms with Crippen LogP contribution >= 0.6 is 0 Å². The van der Waals surface area contributed by atoms with Gasteiger partial charge in [-0.05, 0) is 24.6 Å². The molecule has 0 bridgehead atoms. The van der Waals surface area contributed by atoms with Crippen molar-refractivity contribution in [1.29, 1.82) is 0 Å². The first-order valence-electron chi connectivity index (χ1n) is 5.93. The third-order valence-corrected chi connectivity index (χ3v) is 3.31. The largest absolute Gasteiger partial charge is 0.378 e. The van der Waals surface area contributed by atoms with Crippen molar-refractivity contribution in [2.45, 2.75) is 19.1 Å². The summed E-state index contributed by atoms with van der Waals surface area (Å²) in [6, 6.07) is 8.74. The Hall–Kier alpha value is -1.06. The molecule has 3 heteroatoms. The number of nitrogens with zero attached hydrogens (tertiary/aromatic N) is 1. The van der Waals surface area contributed by atoms with Crippen molar-refractivity contribution in [2.75, 3.05) is 31.2 Å². The quantitative estimate of drug-likeness (QED) is 0.711. The molecule has 3 nitrogen and oxygen atoms in total. The van der Waals surface area contributed by atoms with Gasteiger partial charge in [0.25, 0.3) is 0 Å². The van der Waals surface area contributed by atoms with E-state index in [4.69, 9.17) is 9.47 Å². The Morgan fingerprint density at radius 3 is 2.31 bits per heavy atom. The van der Waals surface area contributed by atoms with Gasteiger partial charge in [-0.15, -0.1) is 0 Å². The van der Waals surface area contributed by atoms with Crippen LogP contribution in [0.2, 0.25) is 0 Å². The highest BCUT2D eigenvalue weighted by atomic mass is 16.6. The van der Waals surface area contributed by atoms with Gasteiger partial charge in [0.1, 0.15) is 6.10 Å². The summed E-state index contributed by atoms with van der Waals surface area (Å²) in [6.07, 6.45) is 0.730. The van der Waals surface area contributed by atoms with E-state index in [0.29, 0.717) is 12.2 Å². The molecule has 2 aliphatic heterocycles. The van der Waals surface area contributed by atoms with Crippen LogP contribution in [0.15, 0.2) is 24.3 Å². The third kappa shape index (κ3) is 1.93. The maximum Gasteiger partial charge on any atom is 0.109 e. The zero-order valence-corrected chi connectivity index (χ0v) is 9.56. The molecule has 16 heavy (non-hydrogen) atoms. The normalized spacial score (nSPS) is 29.2. The Bertz CT molecular complexity index is 357. The summed E-state index contributed by atoms with van der Waals surface area (Å²) >= 11 is 0. The Labute approximate surface area is 96.0 Å². The van der Waals surface area contributed by atoms with Crippen LogP contribution in [-0.2, 0) is 9.47 Å². The van der Waals surface area contributed by atoms with Crippen LogP contribution in [0.1, 0.15) is 18.6 Å². The van der Waals surface area contributed by atoms with Crippen LogP contribution in [0.5, 0.6) is 0 Å². The topological polar surface area (TPSA) is 25.0 Å². The Morgan fingerprint density at radius 1 is 1.12 bits per heavy atom. The highest BCUT2D eigenvalue weighted by Crippen LogP contribution is 2.38. The lowest BCUT2D eigenvalue weighted by molar-refractivity contribution is 0.122. The monoisotopic (exact) mass is 219 g/mol. The molecule has 2 heterocycles. The number of hydrogen-bond acceptors (Lipinski definition) is 3. The zero-order valence-electron chi connectivity index (χ0n) is 9.56. The molecule has 0 aliphatic carbocycles. The fraction of sp³-hybridized carbons (Fsp3) is 0.538. The summed E-state index contributed by atoms with van der Waals surface area (Å²) in [4.78, 5) is 2.37. The lowest BCUT2D eigenvalue weighted by atomic mass is 10.1. The fourth-order valence-corrected chi connectivity index (χ4v) is 2.23. The van der Waals surface area contributed by atoms with Crippen molar-refractivity contribution in [3.63, 3.8) is 0 Å². The highest BCUT2D eigenvalue weighted by Gasteiger charge is 2.35. The van der Waals surface area contributed by atoms with Crippen molar-refractivity contribution < 1.29 is 9.47 Å². The number of hydrogen-bond donors (Lipinski definition) is 0. The second-order valence-electron chi connectivity index (χ2n) is 4.45. The maximum atomic E-state index is 5.45. The van der Waals surface area contributed by atoms with E-state index >= 15 is 0 Å². The Kier molecular flexibility index (Phi) is 2.58. The lowest BCUT2D eigenvalue weighted by Gasteiger charge is -2.28. The first-order valence-corrected chi connectivity index (χ1v) is 5.93. The summed E-state index contributed by atoms with van der Waals surface area (Å²) in [5.41, 5.74) is 2.59. The van der Waals surface area contributed by atoms with Gasteiger partial charge in [-0.2, -0.15) is 0 Å². The SMILES string of the molecule is CC1OC1c1ccc(N2CCOCC2)cc1. The van der Waals surface area contributed by atoms with Crippen molar-refractivity contribution in [2.24, 2.45) is 0 Å². The summed E-state index contributed by atoms with van der Waals surface area (Å²) in [5.74, 6) is 0. The van der Waals surface area contributed by atoms with E-state index in [-0.39, 0.29) is 0 Å². The number of anilines is 1. The summed E-state index contributed by atoms with van der Waals surface area (Å²) in [6.45, 7) is 5.78. The summed E-state index contributed by atoms with van der Waals surface area (Å²) in [7, 11) is 0. The number of benzene rings is 1.